The van der Waals surface area contributed by atoms with Crippen LogP contribution in [0.15, 0.2) is 47.1 Å². The maximum atomic E-state index is 12.4. The molecule has 0 atom stereocenters. The Labute approximate surface area is 164 Å². The normalized spacial score (nSPS) is 19.4. The SMILES string of the molecule is O=C(NCCc1cccc(Cl)c1)C1CCC(C(=O)NCc2ccco2)CC1. The summed E-state index contributed by atoms with van der Waals surface area (Å²) in [5, 5.41) is 6.64. The molecule has 2 amide bonds. The van der Waals surface area contributed by atoms with Gasteiger partial charge in [0.15, 0.2) is 0 Å². The Morgan fingerprint density at radius 3 is 2.33 bits per heavy atom. The van der Waals surface area contributed by atoms with Gasteiger partial charge in [-0.2, -0.15) is 0 Å². The summed E-state index contributed by atoms with van der Waals surface area (Å²) in [6, 6.07) is 11.3. The van der Waals surface area contributed by atoms with Crippen LogP contribution in [-0.2, 0) is 22.6 Å². The van der Waals surface area contributed by atoms with E-state index in [0.717, 1.165) is 43.4 Å². The molecule has 0 aliphatic heterocycles. The predicted octanol–water partition coefficient (Wildman–Crippen LogP) is 3.71. The lowest BCUT2D eigenvalue weighted by atomic mass is 9.81. The second-order valence-corrected chi connectivity index (χ2v) is 7.45. The molecule has 1 aromatic carbocycles. The number of hydrogen-bond acceptors (Lipinski definition) is 3. The van der Waals surface area contributed by atoms with Crippen molar-refractivity contribution >= 4 is 23.4 Å². The third-order valence-corrected chi connectivity index (χ3v) is 5.32. The van der Waals surface area contributed by atoms with Gasteiger partial charge in [0.2, 0.25) is 11.8 Å². The number of nitrogens with one attached hydrogen (secondary N) is 2. The molecule has 1 fully saturated rings. The maximum Gasteiger partial charge on any atom is 0.223 e. The van der Waals surface area contributed by atoms with Gasteiger partial charge in [-0.1, -0.05) is 23.7 Å². The van der Waals surface area contributed by atoms with E-state index < -0.39 is 0 Å². The summed E-state index contributed by atoms with van der Waals surface area (Å²) in [7, 11) is 0. The third kappa shape index (κ3) is 5.86. The molecule has 0 bridgehead atoms. The van der Waals surface area contributed by atoms with Crippen LogP contribution in [0, 0.1) is 11.8 Å². The number of amides is 2. The number of carbonyl (C=O) groups is 2. The lowest BCUT2D eigenvalue weighted by Gasteiger charge is -2.27. The van der Waals surface area contributed by atoms with Crippen molar-refractivity contribution in [1.82, 2.24) is 10.6 Å². The van der Waals surface area contributed by atoms with Gasteiger partial charge in [-0.15, -0.1) is 0 Å². The van der Waals surface area contributed by atoms with E-state index in [1.807, 2.05) is 30.3 Å². The highest BCUT2D eigenvalue weighted by molar-refractivity contribution is 6.30. The number of carbonyl (C=O) groups excluding carboxylic acids is 2. The lowest BCUT2D eigenvalue weighted by molar-refractivity contribution is -0.130. The topological polar surface area (TPSA) is 71.3 Å². The van der Waals surface area contributed by atoms with Gasteiger partial charge in [0.05, 0.1) is 12.8 Å². The van der Waals surface area contributed by atoms with E-state index in [-0.39, 0.29) is 23.7 Å². The fourth-order valence-corrected chi connectivity index (χ4v) is 3.73. The number of rotatable bonds is 7. The lowest BCUT2D eigenvalue weighted by Crippen LogP contribution is -2.37. The van der Waals surface area contributed by atoms with Crippen LogP contribution in [0.4, 0.5) is 0 Å². The van der Waals surface area contributed by atoms with Crippen molar-refractivity contribution in [2.24, 2.45) is 11.8 Å². The Hall–Kier alpha value is -2.27. The van der Waals surface area contributed by atoms with Crippen LogP contribution in [0.3, 0.4) is 0 Å². The minimum atomic E-state index is -0.0181. The molecule has 6 heteroatoms. The molecule has 1 saturated carbocycles. The molecule has 144 valence electrons. The van der Waals surface area contributed by atoms with Gasteiger partial charge < -0.3 is 15.1 Å². The highest BCUT2D eigenvalue weighted by atomic mass is 35.5. The Morgan fingerprint density at radius 2 is 1.70 bits per heavy atom. The molecule has 0 spiro atoms. The zero-order valence-corrected chi connectivity index (χ0v) is 16.0. The Morgan fingerprint density at radius 1 is 1.00 bits per heavy atom. The number of hydrogen-bond donors (Lipinski definition) is 2. The van der Waals surface area contributed by atoms with Crippen LogP contribution in [0.1, 0.15) is 37.0 Å². The van der Waals surface area contributed by atoms with Gasteiger partial charge in [0, 0.05) is 23.4 Å². The first kappa shape index (κ1) is 19.5. The Bertz CT molecular complexity index is 753. The summed E-state index contributed by atoms with van der Waals surface area (Å²) in [6.07, 6.45) is 5.35. The quantitative estimate of drug-likeness (QED) is 0.759. The van der Waals surface area contributed by atoms with Gasteiger partial charge in [-0.25, -0.2) is 0 Å². The molecular formula is C21H25ClN2O3. The van der Waals surface area contributed by atoms with E-state index in [9.17, 15) is 9.59 Å². The molecule has 0 unspecified atom stereocenters. The van der Waals surface area contributed by atoms with Crippen molar-refractivity contribution in [3.05, 3.63) is 59.0 Å². The van der Waals surface area contributed by atoms with E-state index in [1.54, 1.807) is 12.3 Å². The summed E-state index contributed by atoms with van der Waals surface area (Å²) in [6.45, 7) is 1.01. The van der Waals surface area contributed by atoms with Crippen LogP contribution in [0.2, 0.25) is 5.02 Å². The molecular weight excluding hydrogens is 364 g/mol. The van der Waals surface area contributed by atoms with Crippen molar-refractivity contribution in [3.8, 4) is 0 Å². The first-order valence-corrected chi connectivity index (χ1v) is 9.82. The molecule has 5 nitrogen and oxygen atoms in total. The molecule has 1 aliphatic rings. The van der Waals surface area contributed by atoms with Gasteiger partial charge in [0.1, 0.15) is 5.76 Å². The van der Waals surface area contributed by atoms with Crippen molar-refractivity contribution in [2.75, 3.05) is 6.54 Å². The van der Waals surface area contributed by atoms with E-state index in [4.69, 9.17) is 16.0 Å². The zero-order chi connectivity index (χ0) is 19.1. The predicted molar refractivity (Wildman–Crippen MR) is 104 cm³/mol. The summed E-state index contributed by atoms with van der Waals surface area (Å²) in [5.74, 6) is 0.864. The molecule has 0 radical (unpaired) electrons. The van der Waals surface area contributed by atoms with Gasteiger partial charge >= 0.3 is 0 Å². The number of halogens is 1. The van der Waals surface area contributed by atoms with Gasteiger partial charge in [0.25, 0.3) is 0 Å². The summed E-state index contributed by atoms with van der Waals surface area (Å²) in [4.78, 5) is 24.6. The summed E-state index contributed by atoms with van der Waals surface area (Å²) in [5.41, 5.74) is 1.11. The van der Waals surface area contributed by atoms with Crippen LogP contribution < -0.4 is 10.6 Å². The zero-order valence-electron chi connectivity index (χ0n) is 15.2. The van der Waals surface area contributed by atoms with E-state index in [2.05, 4.69) is 10.6 Å². The van der Waals surface area contributed by atoms with Crippen molar-refractivity contribution in [1.29, 1.82) is 0 Å². The van der Waals surface area contributed by atoms with Crippen LogP contribution in [0.5, 0.6) is 0 Å². The first-order chi connectivity index (χ1) is 13.1. The first-order valence-electron chi connectivity index (χ1n) is 9.44. The molecule has 3 rings (SSSR count). The molecule has 1 aromatic heterocycles. The van der Waals surface area contributed by atoms with Crippen molar-refractivity contribution < 1.29 is 14.0 Å². The highest BCUT2D eigenvalue weighted by Gasteiger charge is 2.29. The number of benzene rings is 1. The van der Waals surface area contributed by atoms with Crippen LogP contribution in [-0.4, -0.2) is 18.4 Å². The highest BCUT2D eigenvalue weighted by Crippen LogP contribution is 2.29. The molecule has 1 aliphatic carbocycles. The average molecular weight is 389 g/mol. The minimum Gasteiger partial charge on any atom is -0.467 e. The van der Waals surface area contributed by atoms with E-state index in [0.29, 0.717) is 18.1 Å². The summed E-state index contributed by atoms with van der Waals surface area (Å²) >= 11 is 5.97. The molecule has 1 heterocycles. The molecule has 2 aromatic rings. The Kier molecular flexibility index (Phi) is 6.93. The maximum absolute atomic E-state index is 12.4. The minimum absolute atomic E-state index is 0.00140. The van der Waals surface area contributed by atoms with E-state index >= 15 is 0 Å². The molecule has 0 saturated heterocycles. The fraction of sp³-hybridized carbons (Fsp3) is 0.429. The number of furan rings is 1. The van der Waals surface area contributed by atoms with Crippen LogP contribution in [0.25, 0.3) is 0 Å². The van der Waals surface area contributed by atoms with Gasteiger partial charge in [-0.3, -0.25) is 9.59 Å². The third-order valence-electron chi connectivity index (χ3n) is 5.09. The standard InChI is InChI=1S/C21H25ClN2O3/c22-18-4-1-3-15(13-18)10-11-23-20(25)16-6-8-17(9-7-16)21(26)24-14-19-5-2-12-27-19/h1-5,12-13,16-17H,6-11,14H2,(H,23,25)(H,24,26). The van der Waals surface area contributed by atoms with E-state index in [1.165, 1.54) is 0 Å². The monoisotopic (exact) mass is 388 g/mol. The van der Waals surface area contributed by atoms with Crippen molar-refractivity contribution in [3.63, 3.8) is 0 Å². The summed E-state index contributed by atoms with van der Waals surface area (Å²) < 4.78 is 5.22. The second kappa shape index (κ2) is 9.60. The van der Waals surface area contributed by atoms with Crippen molar-refractivity contribution in [2.45, 2.75) is 38.6 Å². The molecule has 2 N–H and O–H groups in total. The average Bonchev–Trinajstić information content (AvgIpc) is 3.20. The van der Waals surface area contributed by atoms with Crippen LogP contribution >= 0.6 is 11.6 Å². The Balaban J connectivity index is 1.35. The van der Waals surface area contributed by atoms with Gasteiger partial charge in [-0.05, 0) is 61.9 Å². The second-order valence-electron chi connectivity index (χ2n) is 7.02. The molecule has 27 heavy (non-hydrogen) atoms. The largest absolute Gasteiger partial charge is 0.467 e. The fourth-order valence-electron chi connectivity index (χ4n) is 3.52. The smallest absolute Gasteiger partial charge is 0.223 e.